The maximum Gasteiger partial charge on any atom is -0.00261 e. The molecule has 0 fully saturated rings. The Morgan fingerprint density at radius 3 is 1.02 bits per heavy atom. The van der Waals surface area contributed by atoms with Crippen molar-refractivity contribution in [3.8, 4) is 55.6 Å². The molecule has 0 amide bonds. The van der Waals surface area contributed by atoms with E-state index in [1.54, 1.807) is 0 Å². The summed E-state index contributed by atoms with van der Waals surface area (Å²) in [6, 6.07) is 80.5. The molecule has 0 nitrogen and oxygen atoms in total. The van der Waals surface area contributed by atoms with E-state index in [4.69, 9.17) is 0 Å². The van der Waals surface area contributed by atoms with Crippen LogP contribution >= 0.6 is 0 Å². The van der Waals surface area contributed by atoms with Gasteiger partial charge in [-0.15, -0.1) is 0 Å². The highest BCUT2D eigenvalue weighted by Crippen LogP contribution is 2.45. The van der Waals surface area contributed by atoms with E-state index in [2.05, 4.69) is 218 Å². The van der Waals surface area contributed by atoms with Gasteiger partial charge in [-0.05, 0) is 134 Å². The quantitative estimate of drug-likeness (QED) is 0.156. The Morgan fingerprint density at radius 2 is 0.536 bits per heavy atom. The van der Waals surface area contributed by atoms with Gasteiger partial charge in [0.15, 0.2) is 0 Å². The first-order valence-corrected chi connectivity index (χ1v) is 19.4. The summed E-state index contributed by atoms with van der Waals surface area (Å²) in [4.78, 5) is 0. The van der Waals surface area contributed by atoms with E-state index in [1.807, 2.05) is 0 Å². The lowest BCUT2D eigenvalue weighted by molar-refractivity contribution is 1.60. The van der Waals surface area contributed by atoms with Crippen molar-refractivity contribution in [1.82, 2.24) is 0 Å². The lowest BCUT2D eigenvalue weighted by Crippen LogP contribution is -1.92. The molecule has 11 aromatic carbocycles. The normalized spacial score (nSPS) is 11.6. The molecule has 0 heteroatoms. The minimum Gasteiger partial charge on any atom is -0.0622 e. The van der Waals surface area contributed by atoms with E-state index in [-0.39, 0.29) is 0 Å². The Bertz CT molecular complexity index is 3130. The highest BCUT2D eigenvalue weighted by molar-refractivity contribution is 6.22. The fourth-order valence-corrected chi connectivity index (χ4v) is 9.08. The number of fused-ring (bicyclic) bond motifs is 5. The summed E-state index contributed by atoms with van der Waals surface area (Å²) < 4.78 is 0. The smallest absolute Gasteiger partial charge is 0.00261 e. The summed E-state index contributed by atoms with van der Waals surface area (Å²) in [7, 11) is 0. The van der Waals surface area contributed by atoms with E-state index in [9.17, 15) is 0 Å². The van der Waals surface area contributed by atoms with E-state index >= 15 is 0 Å². The molecule has 11 rings (SSSR count). The number of hydrogen-bond donors (Lipinski definition) is 0. The summed E-state index contributed by atoms with van der Waals surface area (Å²) in [5.41, 5.74) is 12.3. The minimum atomic E-state index is 1.20. The molecule has 0 saturated heterocycles. The first-order valence-electron chi connectivity index (χ1n) is 19.4. The number of hydrogen-bond acceptors (Lipinski definition) is 0. The third kappa shape index (κ3) is 5.30. The van der Waals surface area contributed by atoms with Crippen LogP contribution in [0.4, 0.5) is 0 Å². The summed E-state index contributed by atoms with van der Waals surface area (Å²) >= 11 is 0. The van der Waals surface area contributed by atoms with Gasteiger partial charge in [0.2, 0.25) is 0 Å². The standard InChI is InChI=1S/C56H36/c1-2-17-40(18-3-1)55-50-24-8-10-26-52(50)56(53-27-11-9-25-51(53)55)41-32-31-39-21-14-30-49(54(39)36-41)44-34-42(47-28-12-19-37-15-4-6-22-45(37)47)33-43(35-44)48-29-13-20-38-16-5-7-23-46(38)48/h1-36H. The molecule has 0 N–H and O–H groups in total. The minimum absolute atomic E-state index is 1.20. The molecule has 260 valence electrons. The molecule has 0 unspecified atom stereocenters. The Labute approximate surface area is 326 Å². The second-order valence-electron chi connectivity index (χ2n) is 14.8. The van der Waals surface area contributed by atoms with Crippen molar-refractivity contribution in [3.63, 3.8) is 0 Å². The van der Waals surface area contributed by atoms with Crippen molar-refractivity contribution in [2.24, 2.45) is 0 Å². The average Bonchev–Trinajstić information content (AvgIpc) is 3.27. The van der Waals surface area contributed by atoms with E-state index in [0.717, 1.165) is 0 Å². The van der Waals surface area contributed by atoms with E-state index in [1.165, 1.54) is 109 Å². The lowest BCUT2D eigenvalue weighted by Gasteiger charge is -2.19. The Morgan fingerprint density at radius 1 is 0.179 bits per heavy atom. The van der Waals surface area contributed by atoms with Crippen LogP contribution in [0.1, 0.15) is 0 Å². The van der Waals surface area contributed by atoms with Crippen molar-refractivity contribution in [2.75, 3.05) is 0 Å². The topological polar surface area (TPSA) is 0 Å². The molecule has 0 saturated carbocycles. The maximum absolute atomic E-state index is 2.43. The van der Waals surface area contributed by atoms with Gasteiger partial charge in [0.25, 0.3) is 0 Å². The molecule has 0 aromatic heterocycles. The molecule has 0 atom stereocenters. The van der Waals surface area contributed by atoms with Gasteiger partial charge in [0, 0.05) is 0 Å². The largest absolute Gasteiger partial charge is 0.0622 e. The van der Waals surface area contributed by atoms with Gasteiger partial charge in [-0.1, -0.05) is 194 Å². The fourth-order valence-electron chi connectivity index (χ4n) is 9.08. The van der Waals surface area contributed by atoms with Crippen LogP contribution in [-0.2, 0) is 0 Å². The van der Waals surface area contributed by atoms with E-state index < -0.39 is 0 Å². The number of rotatable bonds is 5. The molecule has 11 aromatic rings. The van der Waals surface area contributed by atoms with Crippen LogP contribution in [0.5, 0.6) is 0 Å². The van der Waals surface area contributed by atoms with Crippen LogP contribution < -0.4 is 0 Å². The van der Waals surface area contributed by atoms with Crippen LogP contribution in [0.15, 0.2) is 218 Å². The van der Waals surface area contributed by atoms with Gasteiger partial charge in [-0.25, -0.2) is 0 Å². The Kier molecular flexibility index (Phi) is 7.60. The first kappa shape index (κ1) is 32.2. The predicted molar refractivity (Wildman–Crippen MR) is 241 cm³/mol. The molecule has 0 radical (unpaired) electrons. The fraction of sp³-hybridized carbons (Fsp3) is 0. The predicted octanol–water partition coefficient (Wildman–Crippen LogP) is 15.8. The van der Waals surface area contributed by atoms with Crippen LogP contribution in [0.2, 0.25) is 0 Å². The Hall–Kier alpha value is -7.28. The number of benzene rings is 11. The summed E-state index contributed by atoms with van der Waals surface area (Å²) in [6.07, 6.45) is 0. The van der Waals surface area contributed by atoms with Crippen LogP contribution in [-0.4, -0.2) is 0 Å². The molecular weight excluding hydrogens is 673 g/mol. The van der Waals surface area contributed by atoms with Gasteiger partial charge in [-0.3, -0.25) is 0 Å². The molecule has 0 heterocycles. The van der Waals surface area contributed by atoms with Crippen LogP contribution in [0.25, 0.3) is 109 Å². The van der Waals surface area contributed by atoms with E-state index in [0.29, 0.717) is 0 Å². The third-order valence-corrected chi connectivity index (χ3v) is 11.6. The van der Waals surface area contributed by atoms with Crippen LogP contribution in [0.3, 0.4) is 0 Å². The van der Waals surface area contributed by atoms with Gasteiger partial charge in [0.1, 0.15) is 0 Å². The zero-order chi connectivity index (χ0) is 37.0. The van der Waals surface area contributed by atoms with Gasteiger partial charge in [0.05, 0.1) is 0 Å². The van der Waals surface area contributed by atoms with Crippen molar-refractivity contribution >= 4 is 53.9 Å². The SMILES string of the molecule is c1ccc(-c2c3ccccc3c(-c3ccc4cccc(-c5cc(-c6cccc7ccccc67)cc(-c6cccc7ccccc67)c5)c4c3)c3ccccc23)cc1. The zero-order valence-electron chi connectivity index (χ0n) is 30.8. The molecule has 0 aliphatic carbocycles. The van der Waals surface area contributed by atoms with Crippen molar-refractivity contribution < 1.29 is 0 Å². The molecule has 0 aliphatic rings. The van der Waals surface area contributed by atoms with Gasteiger partial charge < -0.3 is 0 Å². The van der Waals surface area contributed by atoms with Crippen molar-refractivity contribution in [2.45, 2.75) is 0 Å². The van der Waals surface area contributed by atoms with Crippen LogP contribution in [0, 0.1) is 0 Å². The summed E-state index contributed by atoms with van der Waals surface area (Å²) in [5.74, 6) is 0. The molecule has 56 heavy (non-hydrogen) atoms. The van der Waals surface area contributed by atoms with Crippen molar-refractivity contribution in [1.29, 1.82) is 0 Å². The molecular formula is C56H36. The molecule has 0 bridgehead atoms. The summed E-state index contributed by atoms with van der Waals surface area (Å²) in [6.45, 7) is 0. The third-order valence-electron chi connectivity index (χ3n) is 11.6. The van der Waals surface area contributed by atoms with Crippen molar-refractivity contribution in [3.05, 3.63) is 218 Å². The monoisotopic (exact) mass is 708 g/mol. The average molecular weight is 709 g/mol. The highest BCUT2D eigenvalue weighted by atomic mass is 14.2. The second kappa shape index (κ2) is 13.2. The summed E-state index contributed by atoms with van der Waals surface area (Å²) in [5, 5.41) is 12.5. The lowest BCUT2D eigenvalue weighted by atomic mass is 9.85. The molecule has 0 spiro atoms. The van der Waals surface area contributed by atoms with Gasteiger partial charge >= 0.3 is 0 Å². The zero-order valence-corrected chi connectivity index (χ0v) is 30.8. The molecule has 0 aliphatic heterocycles. The Balaban J connectivity index is 1.18. The first-order chi connectivity index (χ1) is 27.8. The van der Waals surface area contributed by atoms with Gasteiger partial charge in [-0.2, -0.15) is 0 Å². The highest BCUT2D eigenvalue weighted by Gasteiger charge is 2.18. The second-order valence-corrected chi connectivity index (χ2v) is 14.8. The maximum atomic E-state index is 2.43.